The second-order valence-electron chi connectivity index (χ2n) is 8.29. The third-order valence-corrected chi connectivity index (χ3v) is 6.00. The van der Waals surface area contributed by atoms with Crippen LogP contribution < -0.4 is 5.32 Å². The Morgan fingerprint density at radius 1 is 1.10 bits per heavy atom. The minimum atomic E-state index is -0.187. The van der Waals surface area contributed by atoms with Crippen molar-refractivity contribution in [1.82, 2.24) is 15.1 Å². The number of carbonyl (C=O) groups is 1. The first-order valence-corrected chi connectivity index (χ1v) is 10.5. The summed E-state index contributed by atoms with van der Waals surface area (Å²) in [5.41, 5.74) is 4.40. The largest absolute Gasteiger partial charge is 0.454 e. The highest BCUT2D eigenvalue weighted by atomic mass is 16.5. The van der Waals surface area contributed by atoms with Crippen LogP contribution in [0.1, 0.15) is 51.7 Å². The Morgan fingerprint density at radius 3 is 2.50 bits per heavy atom. The molecule has 0 spiro atoms. The van der Waals surface area contributed by atoms with Crippen molar-refractivity contribution in [2.24, 2.45) is 0 Å². The fourth-order valence-electron chi connectivity index (χ4n) is 4.14. The van der Waals surface area contributed by atoms with Crippen molar-refractivity contribution in [3.8, 4) is 0 Å². The van der Waals surface area contributed by atoms with E-state index in [9.17, 15) is 4.79 Å². The SMILES string of the molecule is Cc1ccc(C2(CNC(=O)c3ccc(Cn4nc(C)cc4C)o3)CCOCC2)cc1. The normalized spacial score (nSPS) is 15.8. The van der Waals surface area contributed by atoms with Gasteiger partial charge in [0, 0.05) is 30.9 Å². The van der Waals surface area contributed by atoms with Gasteiger partial charge >= 0.3 is 0 Å². The molecule has 0 aliphatic carbocycles. The summed E-state index contributed by atoms with van der Waals surface area (Å²) >= 11 is 0. The van der Waals surface area contributed by atoms with Crippen molar-refractivity contribution in [1.29, 1.82) is 0 Å². The van der Waals surface area contributed by atoms with Crippen molar-refractivity contribution < 1.29 is 13.9 Å². The van der Waals surface area contributed by atoms with Gasteiger partial charge in [0.1, 0.15) is 5.76 Å². The second kappa shape index (κ2) is 8.48. The number of furan rings is 1. The Morgan fingerprint density at radius 2 is 1.83 bits per heavy atom. The highest BCUT2D eigenvalue weighted by molar-refractivity contribution is 5.91. The molecule has 4 rings (SSSR count). The fraction of sp³-hybridized carbons (Fsp3) is 0.417. The first-order valence-electron chi connectivity index (χ1n) is 10.5. The maximum Gasteiger partial charge on any atom is 0.287 e. The topological polar surface area (TPSA) is 69.3 Å². The zero-order valence-electron chi connectivity index (χ0n) is 17.9. The van der Waals surface area contributed by atoms with E-state index in [0.29, 0.717) is 37.8 Å². The summed E-state index contributed by atoms with van der Waals surface area (Å²) in [7, 11) is 0. The van der Waals surface area contributed by atoms with E-state index in [1.165, 1.54) is 11.1 Å². The molecule has 30 heavy (non-hydrogen) atoms. The van der Waals surface area contributed by atoms with Gasteiger partial charge in [-0.15, -0.1) is 0 Å². The lowest BCUT2D eigenvalue weighted by Crippen LogP contribution is -2.44. The standard InChI is InChI=1S/C24H29N3O3/c1-17-4-6-20(7-5-17)24(10-12-29-13-11-24)16-25-23(28)22-9-8-21(30-22)15-27-19(3)14-18(2)26-27/h4-9,14H,10-13,15-16H2,1-3H3,(H,25,28). The van der Waals surface area contributed by atoms with Crippen LogP contribution >= 0.6 is 0 Å². The molecule has 6 nitrogen and oxygen atoms in total. The van der Waals surface area contributed by atoms with Crippen LogP contribution in [0.15, 0.2) is 46.9 Å². The molecule has 0 atom stereocenters. The van der Waals surface area contributed by atoms with E-state index in [-0.39, 0.29) is 11.3 Å². The van der Waals surface area contributed by atoms with E-state index in [2.05, 4.69) is 41.6 Å². The van der Waals surface area contributed by atoms with Crippen LogP contribution in [0.3, 0.4) is 0 Å². The number of carbonyl (C=O) groups excluding carboxylic acids is 1. The smallest absolute Gasteiger partial charge is 0.287 e. The maximum atomic E-state index is 12.8. The van der Waals surface area contributed by atoms with Crippen LogP contribution in [0.2, 0.25) is 0 Å². The van der Waals surface area contributed by atoms with Crippen molar-refractivity contribution in [2.45, 2.75) is 45.6 Å². The van der Waals surface area contributed by atoms with Gasteiger partial charge in [-0.05, 0) is 57.4 Å². The first kappa shape index (κ1) is 20.4. The number of benzene rings is 1. The van der Waals surface area contributed by atoms with Crippen molar-refractivity contribution in [2.75, 3.05) is 19.8 Å². The maximum absolute atomic E-state index is 12.8. The molecule has 2 aromatic heterocycles. The summed E-state index contributed by atoms with van der Waals surface area (Å²) in [5.74, 6) is 0.857. The quantitative estimate of drug-likeness (QED) is 0.672. The molecular formula is C24H29N3O3. The van der Waals surface area contributed by atoms with Gasteiger partial charge in [-0.1, -0.05) is 29.8 Å². The predicted molar refractivity (Wildman–Crippen MR) is 115 cm³/mol. The minimum absolute atomic E-state index is 0.110. The molecular weight excluding hydrogens is 378 g/mol. The van der Waals surface area contributed by atoms with E-state index < -0.39 is 0 Å². The first-order chi connectivity index (χ1) is 14.4. The lowest BCUT2D eigenvalue weighted by molar-refractivity contribution is 0.0484. The van der Waals surface area contributed by atoms with E-state index in [1.54, 1.807) is 6.07 Å². The van der Waals surface area contributed by atoms with Crippen molar-refractivity contribution in [3.63, 3.8) is 0 Å². The molecule has 3 aromatic rings. The van der Waals surface area contributed by atoms with Gasteiger partial charge in [0.15, 0.2) is 5.76 Å². The van der Waals surface area contributed by atoms with Crippen LogP contribution in [-0.2, 0) is 16.7 Å². The Kier molecular flexibility index (Phi) is 5.77. The molecule has 1 saturated heterocycles. The molecule has 3 heterocycles. The van der Waals surface area contributed by atoms with E-state index >= 15 is 0 Å². The van der Waals surface area contributed by atoms with E-state index in [4.69, 9.17) is 9.15 Å². The van der Waals surface area contributed by atoms with E-state index in [1.807, 2.05) is 30.7 Å². The van der Waals surface area contributed by atoms with E-state index in [0.717, 1.165) is 24.2 Å². The average Bonchev–Trinajstić information content (AvgIpc) is 3.33. The lowest BCUT2D eigenvalue weighted by Gasteiger charge is -2.38. The number of nitrogens with zero attached hydrogens (tertiary/aromatic N) is 2. The molecule has 1 aliphatic rings. The molecule has 1 aromatic carbocycles. The molecule has 0 saturated carbocycles. The Balaban J connectivity index is 1.44. The van der Waals surface area contributed by atoms with Crippen LogP contribution in [-0.4, -0.2) is 35.4 Å². The number of nitrogens with one attached hydrogen (secondary N) is 1. The van der Waals surface area contributed by atoms with Crippen LogP contribution in [0.5, 0.6) is 0 Å². The van der Waals surface area contributed by atoms with Gasteiger partial charge in [0.05, 0.1) is 12.2 Å². The highest BCUT2D eigenvalue weighted by Crippen LogP contribution is 2.34. The average molecular weight is 408 g/mol. The summed E-state index contributed by atoms with van der Waals surface area (Å²) in [5, 5.41) is 7.55. The summed E-state index contributed by atoms with van der Waals surface area (Å²) in [6, 6.07) is 14.2. The molecule has 1 aliphatic heterocycles. The van der Waals surface area contributed by atoms with Crippen LogP contribution in [0.25, 0.3) is 0 Å². The van der Waals surface area contributed by atoms with Gasteiger partial charge in [-0.2, -0.15) is 5.10 Å². The van der Waals surface area contributed by atoms with Gasteiger partial charge in [0.2, 0.25) is 0 Å². The molecule has 1 fully saturated rings. The summed E-state index contributed by atoms with van der Waals surface area (Å²) in [6.45, 7) is 8.54. The van der Waals surface area contributed by atoms with Gasteiger partial charge in [-0.3, -0.25) is 9.48 Å². The minimum Gasteiger partial charge on any atom is -0.454 e. The third kappa shape index (κ3) is 4.33. The second-order valence-corrected chi connectivity index (χ2v) is 8.29. The molecule has 158 valence electrons. The predicted octanol–water partition coefficient (Wildman–Crippen LogP) is 3.93. The summed E-state index contributed by atoms with van der Waals surface area (Å²) in [4.78, 5) is 12.8. The number of aryl methyl sites for hydroxylation is 3. The number of aromatic nitrogens is 2. The van der Waals surface area contributed by atoms with Gasteiger partial charge in [0.25, 0.3) is 5.91 Å². The third-order valence-electron chi connectivity index (χ3n) is 6.00. The van der Waals surface area contributed by atoms with Crippen molar-refractivity contribution >= 4 is 5.91 Å². The van der Waals surface area contributed by atoms with Crippen LogP contribution in [0.4, 0.5) is 0 Å². The summed E-state index contributed by atoms with van der Waals surface area (Å²) in [6.07, 6.45) is 1.77. The Labute approximate surface area is 177 Å². The molecule has 1 N–H and O–H groups in total. The van der Waals surface area contributed by atoms with Gasteiger partial charge in [-0.25, -0.2) is 0 Å². The molecule has 0 radical (unpaired) electrons. The molecule has 6 heteroatoms. The monoisotopic (exact) mass is 407 g/mol. The lowest BCUT2D eigenvalue weighted by atomic mass is 9.74. The van der Waals surface area contributed by atoms with Crippen LogP contribution in [0, 0.1) is 20.8 Å². The number of rotatable bonds is 6. The Hall–Kier alpha value is -2.86. The Bertz CT molecular complexity index is 1010. The zero-order chi connectivity index (χ0) is 21.1. The summed E-state index contributed by atoms with van der Waals surface area (Å²) < 4.78 is 13.3. The number of hydrogen-bond acceptors (Lipinski definition) is 4. The highest BCUT2D eigenvalue weighted by Gasteiger charge is 2.35. The zero-order valence-corrected chi connectivity index (χ0v) is 17.9. The molecule has 1 amide bonds. The number of hydrogen-bond donors (Lipinski definition) is 1. The molecule has 0 bridgehead atoms. The molecule has 0 unspecified atom stereocenters. The number of amides is 1. The number of ether oxygens (including phenoxy) is 1. The fourth-order valence-corrected chi connectivity index (χ4v) is 4.14. The van der Waals surface area contributed by atoms with Crippen molar-refractivity contribution in [3.05, 3.63) is 76.5 Å². The van der Waals surface area contributed by atoms with Gasteiger partial charge < -0.3 is 14.5 Å².